The van der Waals surface area contributed by atoms with Crippen molar-refractivity contribution in [2.75, 3.05) is 5.32 Å². The second-order valence-corrected chi connectivity index (χ2v) is 5.27. The first-order valence-corrected chi connectivity index (χ1v) is 6.80. The van der Waals surface area contributed by atoms with Crippen LogP contribution in [0.4, 0.5) is 10.1 Å². The second-order valence-electron chi connectivity index (χ2n) is 4.83. The van der Waals surface area contributed by atoms with E-state index in [2.05, 4.69) is 29.6 Å². The van der Waals surface area contributed by atoms with Crippen molar-refractivity contribution in [2.24, 2.45) is 5.73 Å². The van der Waals surface area contributed by atoms with Crippen LogP contribution in [0.1, 0.15) is 29.7 Å². The summed E-state index contributed by atoms with van der Waals surface area (Å²) in [7, 11) is 0. The molecule has 0 bridgehead atoms. The van der Waals surface area contributed by atoms with Crippen LogP contribution in [0.5, 0.6) is 0 Å². The molecule has 4 heteroatoms. The van der Waals surface area contributed by atoms with Gasteiger partial charge in [0.1, 0.15) is 10.8 Å². The highest BCUT2D eigenvalue weighted by Gasteiger charge is 2.11. The van der Waals surface area contributed by atoms with Gasteiger partial charge in [0.2, 0.25) is 0 Å². The highest BCUT2D eigenvalue weighted by Crippen LogP contribution is 2.23. The molecule has 104 valence electrons. The van der Waals surface area contributed by atoms with Crippen LogP contribution in [0.2, 0.25) is 0 Å². The SMILES string of the molecule is Cc1ccc(C(C)Nc2ccc(F)cc2C(N)=S)cc1. The lowest BCUT2D eigenvalue weighted by Gasteiger charge is -2.18. The maximum Gasteiger partial charge on any atom is 0.124 e. The number of nitrogens with two attached hydrogens (primary N) is 1. The average Bonchev–Trinajstić information content (AvgIpc) is 2.41. The van der Waals surface area contributed by atoms with Crippen molar-refractivity contribution >= 4 is 22.9 Å². The summed E-state index contributed by atoms with van der Waals surface area (Å²) in [5.74, 6) is -0.346. The van der Waals surface area contributed by atoms with E-state index in [1.54, 1.807) is 6.07 Å². The lowest BCUT2D eigenvalue weighted by atomic mass is 10.1. The third kappa shape index (κ3) is 3.33. The zero-order valence-corrected chi connectivity index (χ0v) is 12.3. The van der Waals surface area contributed by atoms with Gasteiger partial charge in [0.15, 0.2) is 0 Å². The van der Waals surface area contributed by atoms with E-state index >= 15 is 0 Å². The maximum absolute atomic E-state index is 13.3. The van der Waals surface area contributed by atoms with Crippen molar-refractivity contribution in [2.45, 2.75) is 19.9 Å². The molecule has 0 saturated heterocycles. The minimum absolute atomic E-state index is 0.0779. The lowest BCUT2D eigenvalue weighted by Crippen LogP contribution is -2.15. The number of nitrogens with one attached hydrogen (secondary N) is 1. The van der Waals surface area contributed by atoms with Crippen LogP contribution >= 0.6 is 12.2 Å². The molecule has 0 aliphatic carbocycles. The van der Waals surface area contributed by atoms with E-state index in [0.717, 1.165) is 11.3 Å². The zero-order chi connectivity index (χ0) is 14.7. The number of thiocarbonyl (C=S) groups is 1. The van der Waals surface area contributed by atoms with Gasteiger partial charge in [-0.1, -0.05) is 42.0 Å². The lowest BCUT2D eigenvalue weighted by molar-refractivity contribution is 0.627. The van der Waals surface area contributed by atoms with Gasteiger partial charge in [0.25, 0.3) is 0 Å². The van der Waals surface area contributed by atoms with Gasteiger partial charge < -0.3 is 11.1 Å². The summed E-state index contributed by atoms with van der Waals surface area (Å²) < 4.78 is 13.3. The summed E-state index contributed by atoms with van der Waals surface area (Å²) in [5, 5.41) is 3.32. The first-order chi connectivity index (χ1) is 9.47. The van der Waals surface area contributed by atoms with E-state index in [1.165, 1.54) is 17.7 Å². The minimum Gasteiger partial charge on any atom is -0.389 e. The molecule has 2 aromatic rings. The average molecular weight is 288 g/mol. The molecule has 1 unspecified atom stereocenters. The van der Waals surface area contributed by atoms with Crippen LogP contribution in [-0.2, 0) is 0 Å². The van der Waals surface area contributed by atoms with E-state index in [9.17, 15) is 4.39 Å². The van der Waals surface area contributed by atoms with Crippen LogP contribution in [-0.4, -0.2) is 4.99 Å². The molecule has 0 fully saturated rings. The van der Waals surface area contributed by atoms with E-state index in [4.69, 9.17) is 18.0 Å². The number of aryl methyl sites for hydroxylation is 1. The fourth-order valence-corrected chi connectivity index (χ4v) is 2.19. The molecule has 2 rings (SSSR count). The van der Waals surface area contributed by atoms with Crippen molar-refractivity contribution in [1.29, 1.82) is 0 Å². The highest BCUT2D eigenvalue weighted by molar-refractivity contribution is 7.80. The fourth-order valence-electron chi connectivity index (χ4n) is 2.02. The van der Waals surface area contributed by atoms with Crippen LogP contribution in [0.25, 0.3) is 0 Å². The molecule has 0 aliphatic rings. The third-order valence-corrected chi connectivity index (χ3v) is 3.42. The van der Waals surface area contributed by atoms with Crippen LogP contribution < -0.4 is 11.1 Å². The summed E-state index contributed by atoms with van der Waals surface area (Å²) in [4.78, 5) is 0.183. The molecule has 0 aliphatic heterocycles. The molecular formula is C16H17FN2S. The molecule has 0 heterocycles. The van der Waals surface area contributed by atoms with Crippen LogP contribution in [0.15, 0.2) is 42.5 Å². The van der Waals surface area contributed by atoms with Crippen LogP contribution in [0.3, 0.4) is 0 Å². The van der Waals surface area contributed by atoms with Gasteiger partial charge in [-0.25, -0.2) is 4.39 Å². The first-order valence-electron chi connectivity index (χ1n) is 6.40. The largest absolute Gasteiger partial charge is 0.389 e. The number of halogens is 1. The van der Waals surface area contributed by atoms with E-state index in [-0.39, 0.29) is 16.8 Å². The van der Waals surface area contributed by atoms with Crippen molar-refractivity contribution in [1.82, 2.24) is 0 Å². The smallest absolute Gasteiger partial charge is 0.124 e. The van der Waals surface area contributed by atoms with Gasteiger partial charge in [0, 0.05) is 17.3 Å². The molecule has 1 atom stereocenters. The van der Waals surface area contributed by atoms with Gasteiger partial charge in [-0.3, -0.25) is 0 Å². The summed E-state index contributed by atoms with van der Waals surface area (Å²) in [6.07, 6.45) is 0. The van der Waals surface area contributed by atoms with Crippen molar-refractivity contribution in [3.8, 4) is 0 Å². The Morgan fingerprint density at radius 3 is 2.45 bits per heavy atom. The molecule has 2 nitrogen and oxygen atoms in total. The summed E-state index contributed by atoms with van der Waals surface area (Å²) in [6, 6.07) is 12.7. The normalized spacial score (nSPS) is 11.9. The summed E-state index contributed by atoms with van der Waals surface area (Å²) in [5.41, 5.74) is 9.27. The number of hydrogen-bond acceptors (Lipinski definition) is 2. The van der Waals surface area contributed by atoms with Crippen molar-refractivity contribution in [3.63, 3.8) is 0 Å². The van der Waals surface area contributed by atoms with Crippen molar-refractivity contribution < 1.29 is 4.39 Å². The Morgan fingerprint density at radius 2 is 1.85 bits per heavy atom. The summed E-state index contributed by atoms with van der Waals surface area (Å²) >= 11 is 4.97. The van der Waals surface area contributed by atoms with E-state index < -0.39 is 0 Å². The molecule has 0 amide bonds. The maximum atomic E-state index is 13.3. The highest BCUT2D eigenvalue weighted by atomic mass is 32.1. The first kappa shape index (κ1) is 14.5. The number of anilines is 1. The molecule has 2 aromatic carbocycles. The van der Waals surface area contributed by atoms with Gasteiger partial charge >= 0.3 is 0 Å². The quantitative estimate of drug-likeness (QED) is 0.837. The molecule has 0 saturated carbocycles. The topological polar surface area (TPSA) is 38.0 Å². The minimum atomic E-state index is -0.346. The van der Waals surface area contributed by atoms with E-state index in [1.807, 2.05) is 13.8 Å². The molecule has 0 radical (unpaired) electrons. The monoisotopic (exact) mass is 288 g/mol. The van der Waals surface area contributed by atoms with Crippen LogP contribution in [0, 0.1) is 12.7 Å². The molecule has 3 N–H and O–H groups in total. The molecule has 0 spiro atoms. The van der Waals surface area contributed by atoms with E-state index in [0.29, 0.717) is 5.56 Å². The van der Waals surface area contributed by atoms with Gasteiger partial charge in [-0.2, -0.15) is 0 Å². The zero-order valence-electron chi connectivity index (χ0n) is 11.5. The number of rotatable bonds is 4. The van der Waals surface area contributed by atoms with Gasteiger partial charge in [-0.05, 0) is 37.6 Å². The van der Waals surface area contributed by atoms with Gasteiger partial charge in [-0.15, -0.1) is 0 Å². The predicted octanol–water partition coefficient (Wildman–Crippen LogP) is 3.94. The van der Waals surface area contributed by atoms with Crippen molar-refractivity contribution in [3.05, 3.63) is 65.0 Å². The Hall–Kier alpha value is -1.94. The standard InChI is InChI=1S/C16H17FN2S/c1-10-3-5-12(6-4-10)11(2)19-15-8-7-13(17)9-14(15)16(18)20/h3-9,11,19H,1-2H3,(H2,18,20). The number of benzene rings is 2. The number of hydrogen-bond donors (Lipinski definition) is 2. The molecular weight excluding hydrogens is 271 g/mol. The fraction of sp³-hybridized carbons (Fsp3) is 0.188. The Bertz CT molecular complexity index is 623. The second kappa shape index (κ2) is 6.01. The molecule has 0 aromatic heterocycles. The molecule has 20 heavy (non-hydrogen) atoms. The van der Waals surface area contributed by atoms with Gasteiger partial charge in [0.05, 0.1) is 0 Å². The Balaban J connectivity index is 2.25. The Labute approximate surface area is 123 Å². The Morgan fingerprint density at radius 1 is 1.20 bits per heavy atom. The summed E-state index contributed by atoms with van der Waals surface area (Å²) in [6.45, 7) is 4.09. The Kier molecular flexibility index (Phi) is 4.35. The third-order valence-electron chi connectivity index (χ3n) is 3.20. The predicted molar refractivity (Wildman–Crippen MR) is 85.5 cm³/mol.